The van der Waals surface area contributed by atoms with Crippen LogP contribution in [0.25, 0.3) is 11.1 Å². The minimum atomic E-state index is 0. The van der Waals surface area contributed by atoms with Gasteiger partial charge in [-0.25, -0.2) is 4.98 Å². The highest BCUT2D eigenvalue weighted by molar-refractivity contribution is 9.10. The van der Waals surface area contributed by atoms with E-state index in [0.717, 1.165) is 4.47 Å². The number of hydrogen-bond acceptors (Lipinski definition) is 0. The third-order valence-electron chi connectivity index (χ3n) is 1.90. The van der Waals surface area contributed by atoms with E-state index in [9.17, 15) is 0 Å². The van der Waals surface area contributed by atoms with Crippen LogP contribution in [0.5, 0.6) is 0 Å². The molecule has 0 amide bonds. The summed E-state index contributed by atoms with van der Waals surface area (Å²) in [7, 11) is 0. The lowest BCUT2D eigenvalue weighted by Crippen LogP contribution is -3.00. The Kier molecular flexibility index (Phi) is 4.29. The number of rotatable bonds is 1. The van der Waals surface area contributed by atoms with Crippen LogP contribution in [-0.4, -0.2) is 0 Å². The standard InChI is InChI=1S/C11H8BrN.BrH/c12-11-3-1-9(2-4-11)10-5-7-13-8-6-10;/h1-8H;1H. The van der Waals surface area contributed by atoms with E-state index in [1.165, 1.54) is 11.1 Å². The van der Waals surface area contributed by atoms with E-state index in [1.54, 1.807) is 0 Å². The first-order chi connectivity index (χ1) is 6.36. The average molecular weight is 315 g/mol. The Balaban J connectivity index is 0.000000980. The van der Waals surface area contributed by atoms with Crippen LogP contribution in [0.3, 0.4) is 0 Å². The van der Waals surface area contributed by atoms with E-state index in [1.807, 2.05) is 24.5 Å². The van der Waals surface area contributed by atoms with E-state index in [0.29, 0.717) is 0 Å². The summed E-state index contributed by atoms with van der Waals surface area (Å²) in [5, 5.41) is 0. The second-order valence-corrected chi connectivity index (χ2v) is 3.71. The lowest BCUT2D eigenvalue weighted by Gasteiger charge is -1.98. The summed E-state index contributed by atoms with van der Waals surface area (Å²) >= 11 is 3.41. The number of pyridine rings is 1. The van der Waals surface area contributed by atoms with Crippen molar-refractivity contribution < 1.29 is 22.0 Å². The van der Waals surface area contributed by atoms with Crippen molar-refractivity contribution in [1.29, 1.82) is 0 Å². The molecule has 1 aromatic carbocycles. The Bertz CT molecular complexity index is 384. The van der Waals surface area contributed by atoms with Crippen molar-refractivity contribution in [3.63, 3.8) is 0 Å². The Morgan fingerprint density at radius 2 is 1.29 bits per heavy atom. The molecule has 2 rings (SSSR count). The largest absolute Gasteiger partial charge is 1.00 e. The van der Waals surface area contributed by atoms with Gasteiger partial charge in [0.2, 0.25) is 0 Å². The number of aromatic amines is 1. The van der Waals surface area contributed by atoms with Crippen molar-refractivity contribution in [2.45, 2.75) is 0 Å². The van der Waals surface area contributed by atoms with Crippen molar-refractivity contribution >= 4 is 15.9 Å². The molecule has 1 aromatic heterocycles. The average Bonchev–Trinajstić information content (AvgIpc) is 2.20. The third kappa shape index (κ3) is 2.66. The van der Waals surface area contributed by atoms with Crippen molar-refractivity contribution in [1.82, 2.24) is 0 Å². The van der Waals surface area contributed by atoms with Crippen molar-refractivity contribution in [3.05, 3.63) is 53.3 Å². The molecule has 0 aliphatic rings. The van der Waals surface area contributed by atoms with Crippen LogP contribution < -0.4 is 22.0 Å². The molecule has 0 unspecified atom stereocenters. The molecule has 0 aliphatic heterocycles. The second kappa shape index (κ2) is 5.27. The maximum Gasteiger partial charge on any atom is 0.167 e. The number of aromatic nitrogens is 1. The molecule has 14 heavy (non-hydrogen) atoms. The fraction of sp³-hybridized carbons (Fsp3) is 0. The molecule has 0 bridgehead atoms. The Morgan fingerprint density at radius 3 is 1.86 bits per heavy atom. The minimum absolute atomic E-state index is 0. The van der Waals surface area contributed by atoms with Gasteiger partial charge in [-0.15, -0.1) is 0 Å². The van der Waals surface area contributed by atoms with Crippen LogP contribution >= 0.6 is 15.9 Å². The van der Waals surface area contributed by atoms with Crippen LogP contribution in [0, 0.1) is 0 Å². The first-order valence-corrected chi connectivity index (χ1v) is 4.87. The molecule has 0 atom stereocenters. The van der Waals surface area contributed by atoms with Gasteiger partial charge in [0, 0.05) is 16.6 Å². The molecule has 2 aromatic rings. The van der Waals surface area contributed by atoms with Crippen molar-refractivity contribution in [2.75, 3.05) is 0 Å². The van der Waals surface area contributed by atoms with Gasteiger partial charge in [-0.3, -0.25) is 0 Å². The van der Waals surface area contributed by atoms with Crippen LogP contribution in [0.4, 0.5) is 0 Å². The second-order valence-electron chi connectivity index (χ2n) is 2.80. The van der Waals surface area contributed by atoms with Gasteiger partial charge in [0.15, 0.2) is 12.4 Å². The quantitative estimate of drug-likeness (QED) is 0.700. The molecule has 1 heterocycles. The summed E-state index contributed by atoms with van der Waals surface area (Å²) in [6, 6.07) is 12.4. The summed E-state index contributed by atoms with van der Waals surface area (Å²) in [5.74, 6) is 0. The first kappa shape index (κ1) is 11.4. The van der Waals surface area contributed by atoms with E-state index in [-0.39, 0.29) is 17.0 Å². The van der Waals surface area contributed by atoms with Gasteiger partial charge in [0.1, 0.15) is 0 Å². The zero-order valence-corrected chi connectivity index (χ0v) is 10.5. The lowest BCUT2D eigenvalue weighted by atomic mass is 10.1. The van der Waals surface area contributed by atoms with E-state index >= 15 is 0 Å². The molecule has 0 fully saturated rings. The van der Waals surface area contributed by atoms with Crippen LogP contribution in [0.1, 0.15) is 0 Å². The Hall–Kier alpha value is -0.670. The highest BCUT2D eigenvalue weighted by Crippen LogP contribution is 2.19. The molecule has 72 valence electrons. The zero-order chi connectivity index (χ0) is 9.10. The zero-order valence-electron chi connectivity index (χ0n) is 7.37. The van der Waals surface area contributed by atoms with Crippen molar-refractivity contribution in [3.8, 4) is 11.1 Å². The van der Waals surface area contributed by atoms with Gasteiger partial charge in [0.25, 0.3) is 0 Å². The van der Waals surface area contributed by atoms with Crippen LogP contribution in [0.2, 0.25) is 0 Å². The molecule has 0 saturated heterocycles. The highest BCUT2D eigenvalue weighted by Gasteiger charge is 1.96. The summed E-state index contributed by atoms with van der Waals surface area (Å²) in [6.07, 6.45) is 3.86. The summed E-state index contributed by atoms with van der Waals surface area (Å²) in [4.78, 5) is 3.00. The molecule has 0 saturated carbocycles. The molecule has 1 nitrogen and oxygen atoms in total. The maximum atomic E-state index is 3.41. The summed E-state index contributed by atoms with van der Waals surface area (Å²) in [5.41, 5.74) is 2.46. The van der Waals surface area contributed by atoms with E-state index < -0.39 is 0 Å². The minimum Gasteiger partial charge on any atom is -1.00 e. The van der Waals surface area contributed by atoms with E-state index in [2.05, 4.69) is 45.2 Å². The van der Waals surface area contributed by atoms with Crippen molar-refractivity contribution in [2.24, 2.45) is 0 Å². The fourth-order valence-electron chi connectivity index (χ4n) is 1.22. The van der Waals surface area contributed by atoms with Gasteiger partial charge in [0.05, 0.1) is 0 Å². The molecule has 3 heteroatoms. The number of halogens is 2. The molecular formula is C11H9Br2N. The lowest BCUT2D eigenvalue weighted by molar-refractivity contribution is -0.377. The number of nitrogens with one attached hydrogen (secondary N) is 1. The van der Waals surface area contributed by atoms with Crippen LogP contribution in [0.15, 0.2) is 53.3 Å². The van der Waals surface area contributed by atoms with Gasteiger partial charge in [-0.1, -0.05) is 28.1 Å². The number of hydrogen-bond donors (Lipinski definition) is 0. The first-order valence-electron chi connectivity index (χ1n) is 4.08. The number of benzene rings is 1. The predicted octanol–water partition coefficient (Wildman–Crippen LogP) is -0.0658. The molecule has 0 radical (unpaired) electrons. The Labute approximate surface area is 102 Å². The van der Waals surface area contributed by atoms with Gasteiger partial charge >= 0.3 is 0 Å². The number of H-pyrrole nitrogens is 1. The highest BCUT2D eigenvalue weighted by atomic mass is 79.9. The van der Waals surface area contributed by atoms with Gasteiger partial charge < -0.3 is 17.0 Å². The third-order valence-corrected chi connectivity index (χ3v) is 2.42. The van der Waals surface area contributed by atoms with Gasteiger partial charge in [-0.2, -0.15) is 0 Å². The molecule has 0 aliphatic carbocycles. The smallest absolute Gasteiger partial charge is 0.167 e. The summed E-state index contributed by atoms with van der Waals surface area (Å²) < 4.78 is 1.11. The summed E-state index contributed by atoms with van der Waals surface area (Å²) in [6.45, 7) is 0. The predicted molar refractivity (Wildman–Crippen MR) is 56.1 cm³/mol. The fourth-order valence-corrected chi connectivity index (χ4v) is 1.49. The molecular weight excluding hydrogens is 306 g/mol. The van der Waals surface area contributed by atoms with E-state index in [4.69, 9.17) is 0 Å². The monoisotopic (exact) mass is 313 g/mol. The normalized spacial score (nSPS) is 9.21. The van der Waals surface area contributed by atoms with Crippen LogP contribution in [-0.2, 0) is 0 Å². The molecule has 0 spiro atoms. The molecule has 1 N–H and O–H groups in total. The Morgan fingerprint density at radius 1 is 0.786 bits per heavy atom. The SMILES string of the molecule is Brc1ccc(-c2cc[nH+]cc2)cc1.[Br-]. The van der Waals surface area contributed by atoms with Gasteiger partial charge in [-0.05, 0) is 23.3 Å². The topological polar surface area (TPSA) is 14.1 Å². The maximum absolute atomic E-state index is 3.41.